The van der Waals surface area contributed by atoms with Crippen molar-refractivity contribution in [1.29, 1.82) is 0 Å². The van der Waals surface area contributed by atoms with Crippen LogP contribution in [0.2, 0.25) is 0 Å². The number of fused-ring (bicyclic) bond motifs is 1. The highest BCUT2D eigenvalue weighted by Crippen LogP contribution is 2.25. The molecule has 114 valence electrons. The number of rotatable bonds is 3. The van der Waals surface area contributed by atoms with E-state index in [1.165, 1.54) is 0 Å². The van der Waals surface area contributed by atoms with Crippen molar-refractivity contribution in [2.24, 2.45) is 0 Å². The van der Waals surface area contributed by atoms with Crippen molar-refractivity contribution in [3.05, 3.63) is 30.0 Å². The lowest BCUT2D eigenvalue weighted by atomic mass is 10.2. The number of hydrogen-bond donors (Lipinski definition) is 1. The van der Waals surface area contributed by atoms with Crippen molar-refractivity contribution in [3.63, 3.8) is 0 Å². The van der Waals surface area contributed by atoms with Gasteiger partial charge >= 0.3 is 5.97 Å². The largest absolute Gasteiger partial charge is 0.460 e. The zero-order valence-corrected chi connectivity index (χ0v) is 12.7. The van der Waals surface area contributed by atoms with Gasteiger partial charge in [-0.1, -0.05) is 0 Å². The van der Waals surface area contributed by atoms with Crippen LogP contribution >= 0.6 is 12.4 Å². The molecule has 0 spiro atoms. The lowest BCUT2D eigenvalue weighted by molar-refractivity contribution is 0.0492. The van der Waals surface area contributed by atoms with E-state index in [1.807, 2.05) is 12.1 Å². The van der Waals surface area contributed by atoms with Crippen LogP contribution in [0.1, 0.15) is 17.5 Å². The second kappa shape index (κ2) is 6.83. The molecule has 0 saturated carbocycles. The standard InChI is InChI=1S/C15H18N2O3.ClH/c1-2-19-15(18)14-10-11-9-12(3-4-13(11)20-14)17-7-5-16-6-8-17;/h3-4,9-10,16H,2,5-8H2,1H3;1H. The fourth-order valence-electron chi connectivity index (χ4n) is 2.45. The summed E-state index contributed by atoms with van der Waals surface area (Å²) in [6.45, 7) is 6.11. The minimum absolute atomic E-state index is 0. The van der Waals surface area contributed by atoms with Crippen molar-refractivity contribution in [2.45, 2.75) is 6.92 Å². The van der Waals surface area contributed by atoms with E-state index in [9.17, 15) is 4.79 Å². The molecular formula is C15H19ClN2O3. The summed E-state index contributed by atoms with van der Waals surface area (Å²) in [6.07, 6.45) is 0. The number of piperazine rings is 1. The summed E-state index contributed by atoms with van der Waals surface area (Å²) in [5, 5.41) is 4.27. The Morgan fingerprint density at radius 1 is 1.33 bits per heavy atom. The smallest absolute Gasteiger partial charge is 0.374 e. The molecule has 0 aliphatic carbocycles. The Hall–Kier alpha value is -1.72. The molecule has 1 fully saturated rings. The highest BCUT2D eigenvalue weighted by Gasteiger charge is 2.15. The average molecular weight is 311 g/mol. The molecule has 21 heavy (non-hydrogen) atoms. The Kier molecular flexibility index (Phi) is 5.09. The van der Waals surface area contributed by atoms with Gasteiger partial charge in [-0.3, -0.25) is 0 Å². The van der Waals surface area contributed by atoms with Crippen LogP contribution < -0.4 is 10.2 Å². The van der Waals surface area contributed by atoms with E-state index in [4.69, 9.17) is 9.15 Å². The van der Waals surface area contributed by atoms with E-state index >= 15 is 0 Å². The maximum Gasteiger partial charge on any atom is 0.374 e. The Balaban J connectivity index is 0.00000161. The fourth-order valence-corrected chi connectivity index (χ4v) is 2.45. The number of benzene rings is 1. The van der Waals surface area contributed by atoms with E-state index < -0.39 is 5.97 Å². The lowest BCUT2D eigenvalue weighted by Gasteiger charge is -2.29. The van der Waals surface area contributed by atoms with Crippen molar-refractivity contribution < 1.29 is 13.9 Å². The predicted octanol–water partition coefficient (Wildman–Crippen LogP) is 2.44. The average Bonchev–Trinajstić information content (AvgIpc) is 2.91. The van der Waals surface area contributed by atoms with Gasteiger partial charge in [-0.2, -0.15) is 0 Å². The van der Waals surface area contributed by atoms with Crippen LogP contribution in [0, 0.1) is 0 Å². The highest BCUT2D eigenvalue weighted by molar-refractivity contribution is 5.93. The number of esters is 1. The summed E-state index contributed by atoms with van der Waals surface area (Å²) in [4.78, 5) is 14.0. The summed E-state index contributed by atoms with van der Waals surface area (Å²) >= 11 is 0. The lowest BCUT2D eigenvalue weighted by Crippen LogP contribution is -2.43. The van der Waals surface area contributed by atoms with Gasteiger partial charge in [0, 0.05) is 37.3 Å². The molecule has 5 nitrogen and oxygen atoms in total. The Labute approximate surface area is 129 Å². The highest BCUT2D eigenvalue weighted by atomic mass is 35.5. The molecule has 2 heterocycles. The number of nitrogens with zero attached hydrogens (tertiary/aromatic N) is 1. The number of hydrogen-bond acceptors (Lipinski definition) is 5. The summed E-state index contributed by atoms with van der Waals surface area (Å²) in [5.41, 5.74) is 1.88. The number of anilines is 1. The van der Waals surface area contributed by atoms with Gasteiger partial charge in [-0.15, -0.1) is 12.4 Å². The Morgan fingerprint density at radius 3 is 2.81 bits per heavy atom. The number of furan rings is 1. The van der Waals surface area contributed by atoms with Crippen LogP contribution in [0.4, 0.5) is 5.69 Å². The van der Waals surface area contributed by atoms with Crippen LogP contribution in [0.3, 0.4) is 0 Å². The third-order valence-electron chi connectivity index (χ3n) is 3.46. The second-order valence-electron chi connectivity index (χ2n) is 4.79. The molecule has 0 bridgehead atoms. The van der Waals surface area contributed by atoms with Crippen LogP contribution in [0.5, 0.6) is 0 Å². The number of carbonyl (C=O) groups excluding carboxylic acids is 1. The van der Waals surface area contributed by atoms with E-state index in [-0.39, 0.29) is 18.2 Å². The molecule has 1 aliphatic heterocycles. The molecule has 1 aromatic carbocycles. The summed E-state index contributed by atoms with van der Waals surface area (Å²) < 4.78 is 10.5. The predicted molar refractivity (Wildman–Crippen MR) is 84.5 cm³/mol. The molecule has 1 aromatic heterocycles. The zero-order valence-electron chi connectivity index (χ0n) is 11.9. The first-order valence-electron chi connectivity index (χ1n) is 6.94. The number of ether oxygens (including phenoxy) is 1. The maximum atomic E-state index is 11.7. The summed E-state index contributed by atoms with van der Waals surface area (Å²) in [5.74, 6) is -0.147. The zero-order chi connectivity index (χ0) is 13.9. The Morgan fingerprint density at radius 2 is 2.10 bits per heavy atom. The van der Waals surface area contributed by atoms with Gasteiger partial charge in [0.15, 0.2) is 0 Å². The van der Waals surface area contributed by atoms with Gasteiger partial charge in [-0.05, 0) is 31.2 Å². The first-order chi connectivity index (χ1) is 9.78. The third-order valence-corrected chi connectivity index (χ3v) is 3.46. The molecule has 1 N–H and O–H groups in total. The molecule has 0 atom stereocenters. The van der Waals surface area contributed by atoms with E-state index in [2.05, 4.69) is 16.3 Å². The second-order valence-corrected chi connectivity index (χ2v) is 4.79. The van der Waals surface area contributed by atoms with Gasteiger partial charge in [0.05, 0.1) is 6.61 Å². The summed E-state index contributed by atoms with van der Waals surface area (Å²) in [6, 6.07) is 7.76. The summed E-state index contributed by atoms with van der Waals surface area (Å²) in [7, 11) is 0. The van der Waals surface area contributed by atoms with Crippen molar-refractivity contribution in [2.75, 3.05) is 37.7 Å². The van der Waals surface area contributed by atoms with Crippen molar-refractivity contribution in [3.8, 4) is 0 Å². The quantitative estimate of drug-likeness (QED) is 0.883. The molecule has 1 saturated heterocycles. The molecule has 2 aromatic rings. The molecule has 0 amide bonds. The maximum absolute atomic E-state index is 11.7. The number of carbonyl (C=O) groups is 1. The fraction of sp³-hybridized carbons (Fsp3) is 0.400. The van der Waals surface area contributed by atoms with Gasteiger partial charge < -0.3 is 19.4 Å². The first kappa shape index (κ1) is 15.7. The molecular weight excluding hydrogens is 292 g/mol. The number of nitrogens with one attached hydrogen (secondary N) is 1. The normalized spacial score (nSPS) is 14.8. The molecule has 0 unspecified atom stereocenters. The molecule has 3 rings (SSSR count). The van der Waals surface area contributed by atoms with Gasteiger partial charge in [-0.25, -0.2) is 4.79 Å². The van der Waals surface area contributed by atoms with Crippen LogP contribution in [0.25, 0.3) is 11.0 Å². The minimum atomic E-state index is -0.410. The first-order valence-corrected chi connectivity index (χ1v) is 6.94. The van der Waals surface area contributed by atoms with E-state index in [0.29, 0.717) is 12.2 Å². The number of halogens is 1. The minimum Gasteiger partial charge on any atom is -0.460 e. The van der Waals surface area contributed by atoms with Crippen LogP contribution in [-0.4, -0.2) is 38.8 Å². The van der Waals surface area contributed by atoms with Gasteiger partial charge in [0.2, 0.25) is 5.76 Å². The van der Waals surface area contributed by atoms with Gasteiger partial charge in [0.1, 0.15) is 5.58 Å². The van der Waals surface area contributed by atoms with E-state index in [1.54, 1.807) is 13.0 Å². The third kappa shape index (κ3) is 3.31. The molecule has 0 radical (unpaired) electrons. The Bertz CT molecular complexity index is 620. The topological polar surface area (TPSA) is 54.7 Å². The van der Waals surface area contributed by atoms with Crippen molar-refractivity contribution in [1.82, 2.24) is 5.32 Å². The van der Waals surface area contributed by atoms with Crippen LogP contribution in [0.15, 0.2) is 28.7 Å². The molecule has 6 heteroatoms. The van der Waals surface area contributed by atoms with Gasteiger partial charge in [0.25, 0.3) is 0 Å². The van der Waals surface area contributed by atoms with Crippen LogP contribution in [-0.2, 0) is 4.74 Å². The van der Waals surface area contributed by atoms with Crippen molar-refractivity contribution >= 4 is 35.0 Å². The monoisotopic (exact) mass is 310 g/mol. The molecule has 1 aliphatic rings. The van der Waals surface area contributed by atoms with E-state index in [0.717, 1.165) is 37.3 Å². The SMILES string of the molecule is CCOC(=O)c1cc2cc(N3CCNCC3)ccc2o1.Cl.